The van der Waals surface area contributed by atoms with E-state index < -0.39 is 6.04 Å². The number of amides is 3. The first kappa shape index (κ1) is 29.1. The number of amidine groups is 2. The molecule has 5 rings (SSSR count). The van der Waals surface area contributed by atoms with Gasteiger partial charge in [-0.05, 0) is 48.2 Å². The summed E-state index contributed by atoms with van der Waals surface area (Å²) in [5.74, 6) is 1.04. The standard InChI is InChI=1S/C32H33N5O4S/c1-20(2)21-12-14-23(15-13-21)34-29(39)19-42-32-36-25-10-6-5-9-24(25)30-35-26(31(40)37(30)32)16-17-28(38)33-18-22-8-4-7-11-27(22)41-3/h4-15,20,26H,16-19H2,1-3H3,(H,33,38)(H,34,39). The van der Waals surface area contributed by atoms with Gasteiger partial charge in [-0.15, -0.1) is 0 Å². The third kappa shape index (κ3) is 6.54. The second-order valence-corrected chi connectivity index (χ2v) is 11.2. The van der Waals surface area contributed by atoms with Crippen LogP contribution in [0, 0.1) is 0 Å². The number of nitrogens with one attached hydrogen (secondary N) is 2. The summed E-state index contributed by atoms with van der Waals surface area (Å²) in [6.45, 7) is 4.56. The van der Waals surface area contributed by atoms with Gasteiger partial charge in [-0.3, -0.25) is 19.4 Å². The number of anilines is 1. The maximum atomic E-state index is 13.5. The number of ether oxygens (including phenoxy) is 1. The third-order valence-electron chi connectivity index (χ3n) is 7.05. The molecule has 1 atom stereocenters. The molecule has 2 N–H and O–H groups in total. The van der Waals surface area contributed by atoms with E-state index in [9.17, 15) is 14.4 Å². The van der Waals surface area contributed by atoms with Crippen molar-refractivity contribution >= 4 is 51.9 Å². The maximum Gasteiger partial charge on any atom is 0.259 e. The minimum atomic E-state index is -0.720. The minimum Gasteiger partial charge on any atom is -0.496 e. The number of hydrogen-bond donors (Lipinski definition) is 2. The Morgan fingerprint density at radius 3 is 2.50 bits per heavy atom. The van der Waals surface area contributed by atoms with Crippen LogP contribution in [0.5, 0.6) is 5.75 Å². The van der Waals surface area contributed by atoms with Gasteiger partial charge in [0.1, 0.15) is 17.6 Å². The Morgan fingerprint density at radius 1 is 1.00 bits per heavy atom. The van der Waals surface area contributed by atoms with E-state index in [0.29, 0.717) is 40.6 Å². The molecule has 1 unspecified atom stereocenters. The minimum absolute atomic E-state index is 0.0695. The molecule has 0 saturated heterocycles. The van der Waals surface area contributed by atoms with Gasteiger partial charge in [-0.25, -0.2) is 9.89 Å². The van der Waals surface area contributed by atoms with Crippen LogP contribution in [-0.4, -0.2) is 52.5 Å². The second-order valence-electron chi connectivity index (χ2n) is 10.3. The van der Waals surface area contributed by atoms with E-state index in [-0.39, 0.29) is 36.3 Å². The van der Waals surface area contributed by atoms with Crippen LogP contribution >= 0.6 is 11.8 Å². The number of fused-ring (bicyclic) bond motifs is 3. The highest BCUT2D eigenvalue weighted by Gasteiger charge is 2.41. The molecule has 0 fully saturated rings. The lowest BCUT2D eigenvalue weighted by atomic mass is 10.0. The van der Waals surface area contributed by atoms with Gasteiger partial charge in [0.05, 0.1) is 18.6 Å². The molecule has 0 radical (unpaired) electrons. The van der Waals surface area contributed by atoms with E-state index in [1.165, 1.54) is 22.2 Å². The first-order chi connectivity index (χ1) is 20.3. The lowest BCUT2D eigenvalue weighted by Crippen LogP contribution is -2.41. The van der Waals surface area contributed by atoms with Crippen LogP contribution in [0.4, 0.5) is 11.4 Å². The van der Waals surface area contributed by atoms with Crippen molar-refractivity contribution in [3.05, 3.63) is 89.5 Å². The Morgan fingerprint density at radius 2 is 1.74 bits per heavy atom. The van der Waals surface area contributed by atoms with Crippen molar-refractivity contribution in [1.29, 1.82) is 0 Å². The summed E-state index contributed by atoms with van der Waals surface area (Å²) in [5, 5.41) is 6.20. The first-order valence-electron chi connectivity index (χ1n) is 13.8. The largest absolute Gasteiger partial charge is 0.496 e. The quantitative estimate of drug-likeness (QED) is 0.339. The average Bonchev–Trinajstić information content (AvgIpc) is 3.34. The Labute approximate surface area is 249 Å². The summed E-state index contributed by atoms with van der Waals surface area (Å²) < 4.78 is 5.34. The number of carbonyl (C=O) groups is 3. The van der Waals surface area contributed by atoms with Crippen LogP contribution in [0.2, 0.25) is 0 Å². The highest BCUT2D eigenvalue weighted by Crippen LogP contribution is 2.34. The summed E-state index contributed by atoms with van der Waals surface area (Å²) >= 11 is 1.18. The second kappa shape index (κ2) is 13.0. The molecule has 3 aromatic carbocycles. The molecule has 3 aromatic rings. The first-order valence-corrected chi connectivity index (χ1v) is 14.8. The van der Waals surface area contributed by atoms with Gasteiger partial charge in [0, 0.05) is 29.8 Å². The molecular formula is C32H33N5O4S. The Hall–Kier alpha value is -4.44. The molecule has 42 heavy (non-hydrogen) atoms. The summed E-state index contributed by atoms with van der Waals surface area (Å²) in [4.78, 5) is 49.8. The Balaban J connectivity index is 1.22. The van der Waals surface area contributed by atoms with Crippen molar-refractivity contribution in [3.8, 4) is 5.75 Å². The van der Waals surface area contributed by atoms with E-state index in [2.05, 4.69) is 24.5 Å². The number of aliphatic imine (C=N–C) groups is 2. The molecule has 3 amide bonds. The van der Waals surface area contributed by atoms with Crippen molar-refractivity contribution in [2.24, 2.45) is 9.98 Å². The van der Waals surface area contributed by atoms with Crippen LogP contribution in [-0.2, 0) is 20.9 Å². The topological polar surface area (TPSA) is 112 Å². The molecule has 2 heterocycles. The fourth-order valence-corrected chi connectivity index (χ4v) is 5.57. The summed E-state index contributed by atoms with van der Waals surface area (Å²) in [6.07, 6.45) is 0.388. The highest BCUT2D eigenvalue weighted by atomic mass is 32.2. The van der Waals surface area contributed by atoms with E-state index in [1.807, 2.05) is 72.8 Å². The van der Waals surface area contributed by atoms with Crippen molar-refractivity contribution in [2.45, 2.75) is 45.2 Å². The molecule has 0 bridgehead atoms. The predicted octanol–water partition coefficient (Wildman–Crippen LogP) is 5.25. The maximum absolute atomic E-state index is 13.5. The molecular weight excluding hydrogens is 550 g/mol. The van der Waals surface area contributed by atoms with Gasteiger partial charge < -0.3 is 15.4 Å². The van der Waals surface area contributed by atoms with Gasteiger partial charge in [0.2, 0.25) is 11.8 Å². The van der Waals surface area contributed by atoms with Crippen molar-refractivity contribution < 1.29 is 19.1 Å². The lowest BCUT2D eigenvalue weighted by molar-refractivity contribution is -0.125. The summed E-state index contributed by atoms with van der Waals surface area (Å²) in [5.41, 5.74) is 4.20. The predicted molar refractivity (Wildman–Crippen MR) is 166 cm³/mol. The number of benzene rings is 3. The third-order valence-corrected chi connectivity index (χ3v) is 7.99. The molecule has 2 aliphatic heterocycles. The SMILES string of the molecule is COc1ccccc1CNC(=O)CCC1N=C2c3ccccc3N=C(SCC(=O)Nc3ccc(C(C)C)cc3)N2C1=O. The summed E-state index contributed by atoms with van der Waals surface area (Å²) in [7, 11) is 1.59. The van der Waals surface area contributed by atoms with E-state index in [1.54, 1.807) is 7.11 Å². The fourth-order valence-electron chi connectivity index (χ4n) is 4.76. The number of rotatable bonds is 10. The zero-order chi connectivity index (χ0) is 29.6. The average molecular weight is 584 g/mol. The molecule has 216 valence electrons. The molecule has 0 aromatic heterocycles. The van der Waals surface area contributed by atoms with Gasteiger partial charge in [0.25, 0.3) is 5.91 Å². The highest BCUT2D eigenvalue weighted by molar-refractivity contribution is 8.14. The van der Waals surface area contributed by atoms with Crippen molar-refractivity contribution in [3.63, 3.8) is 0 Å². The Bertz CT molecular complexity index is 1550. The Kier molecular flexibility index (Phi) is 9.02. The number of carbonyl (C=O) groups excluding carboxylic acids is 3. The number of nitrogens with zero attached hydrogens (tertiary/aromatic N) is 3. The van der Waals surface area contributed by atoms with Gasteiger partial charge >= 0.3 is 0 Å². The molecule has 0 saturated carbocycles. The van der Waals surface area contributed by atoms with Crippen LogP contribution in [0.15, 0.2) is 82.8 Å². The molecule has 0 aliphatic carbocycles. The van der Waals surface area contributed by atoms with E-state index in [4.69, 9.17) is 14.7 Å². The fraction of sp³-hybridized carbons (Fsp3) is 0.281. The van der Waals surface area contributed by atoms with E-state index >= 15 is 0 Å². The lowest BCUT2D eigenvalue weighted by Gasteiger charge is -2.25. The monoisotopic (exact) mass is 583 g/mol. The van der Waals surface area contributed by atoms with Crippen LogP contribution < -0.4 is 15.4 Å². The van der Waals surface area contributed by atoms with Gasteiger partial charge in [-0.2, -0.15) is 0 Å². The number of para-hydroxylation sites is 2. The normalized spacial score (nSPS) is 15.5. The molecule has 2 aliphatic rings. The molecule has 9 nitrogen and oxygen atoms in total. The van der Waals surface area contributed by atoms with Gasteiger partial charge in [0.15, 0.2) is 5.17 Å². The number of thioether (sulfide) groups is 1. The molecule has 10 heteroatoms. The van der Waals surface area contributed by atoms with Gasteiger partial charge in [-0.1, -0.05) is 68.1 Å². The molecule has 0 spiro atoms. The number of hydrogen-bond acceptors (Lipinski definition) is 7. The summed E-state index contributed by atoms with van der Waals surface area (Å²) in [6, 6.07) is 22.0. The van der Waals surface area contributed by atoms with E-state index in [0.717, 1.165) is 11.1 Å². The van der Waals surface area contributed by atoms with Crippen LogP contribution in [0.1, 0.15) is 49.3 Å². The van der Waals surface area contributed by atoms with Crippen molar-refractivity contribution in [2.75, 3.05) is 18.2 Å². The zero-order valence-electron chi connectivity index (χ0n) is 23.8. The smallest absolute Gasteiger partial charge is 0.259 e. The van der Waals surface area contributed by atoms with Crippen LogP contribution in [0.25, 0.3) is 0 Å². The number of methoxy groups -OCH3 is 1. The van der Waals surface area contributed by atoms with Crippen molar-refractivity contribution in [1.82, 2.24) is 10.2 Å². The zero-order valence-corrected chi connectivity index (χ0v) is 24.6. The van der Waals surface area contributed by atoms with Crippen LogP contribution in [0.3, 0.4) is 0 Å².